The lowest BCUT2D eigenvalue weighted by atomic mass is 10.0. The smallest absolute Gasteiger partial charge is 0.270 e. The molecule has 1 saturated carbocycles. The van der Waals surface area contributed by atoms with Gasteiger partial charge in [0.05, 0.1) is 11.7 Å². The highest BCUT2D eigenvalue weighted by Gasteiger charge is 2.29. The molecule has 1 aromatic heterocycles. The van der Waals surface area contributed by atoms with Crippen molar-refractivity contribution >= 4 is 0 Å². The minimum Gasteiger partial charge on any atom is -0.308 e. The summed E-state index contributed by atoms with van der Waals surface area (Å²) in [5.74, 6) is 0. The number of rotatable bonds is 1. The molecule has 0 saturated heterocycles. The minimum atomic E-state index is 0.218. The summed E-state index contributed by atoms with van der Waals surface area (Å²) < 4.78 is 1.82. The van der Waals surface area contributed by atoms with Crippen molar-refractivity contribution in [3.05, 3.63) is 21.6 Å². The minimum absolute atomic E-state index is 0.218. The van der Waals surface area contributed by atoms with Crippen molar-refractivity contribution < 1.29 is 0 Å². The van der Waals surface area contributed by atoms with Crippen LogP contribution in [0, 0.1) is 0 Å². The quantitative estimate of drug-likeness (QED) is 0.684. The van der Waals surface area contributed by atoms with Gasteiger partial charge in [-0.05, 0) is 26.2 Å². The molecule has 1 atom stereocenters. The van der Waals surface area contributed by atoms with Crippen molar-refractivity contribution in [2.75, 3.05) is 0 Å². The number of nitrogens with zero attached hydrogens (tertiary/aromatic N) is 1. The fraction of sp³-hybridized carbons (Fsp3) is 0.700. The predicted octanol–water partition coefficient (Wildman–Crippen LogP) is 0.545. The second kappa shape index (κ2) is 2.73. The Bertz CT molecular complexity index is 413. The van der Waals surface area contributed by atoms with E-state index in [2.05, 4.69) is 17.3 Å². The molecule has 14 heavy (non-hydrogen) atoms. The summed E-state index contributed by atoms with van der Waals surface area (Å²) >= 11 is 0. The number of H-pyrrole nitrogens is 1. The molecule has 4 nitrogen and oxygen atoms in total. The number of nitrogens with one attached hydrogen (secondary N) is 2. The molecule has 0 amide bonds. The van der Waals surface area contributed by atoms with E-state index in [9.17, 15) is 4.79 Å². The second-order valence-electron chi connectivity index (χ2n) is 4.46. The lowest BCUT2D eigenvalue weighted by Gasteiger charge is -2.18. The van der Waals surface area contributed by atoms with E-state index in [1.54, 1.807) is 0 Å². The summed E-state index contributed by atoms with van der Waals surface area (Å²) in [4.78, 5) is 11.9. The molecule has 0 spiro atoms. The van der Waals surface area contributed by atoms with Gasteiger partial charge in [0.2, 0.25) is 0 Å². The Morgan fingerprint density at radius 1 is 1.43 bits per heavy atom. The van der Waals surface area contributed by atoms with Gasteiger partial charge >= 0.3 is 0 Å². The van der Waals surface area contributed by atoms with Gasteiger partial charge in [0.25, 0.3) is 5.56 Å². The first kappa shape index (κ1) is 8.29. The highest BCUT2D eigenvalue weighted by atomic mass is 16.1. The van der Waals surface area contributed by atoms with Crippen LogP contribution in [0.3, 0.4) is 0 Å². The molecule has 1 aliphatic heterocycles. The van der Waals surface area contributed by atoms with Crippen LogP contribution in [0.4, 0.5) is 0 Å². The van der Waals surface area contributed by atoms with E-state index in [1.807, 2.05) is 4.68 Å². The van der Waals surface area contributed by atoms with E-state index < -0.39 is 0 Å². The van der Waals surface area contributed by atoms with E-state index in [0.717, 1.165) is 37.1 Å². The van der Waals surface area contributed by atoms with E-state index in [4.69, 9.17) is 0 Å². The predicted molar refractivity (Wildman–Crippen MR) is 53.3 cm³/mol. The summed E-state index contributed by atoms with van der Waals surface area (Å²) in [6, 6.07) is 0.891. The molecule has 2 N–H and O–H groups in total. The monoisotopic (exact) mass is 193 g/mol. The second-order valence-corrected chi connectivity index (χ2v) is 4.46. The lowest BCUT2D eigenvalue weighted by Crippen LogP contribution is -2.34. The third kappa shape index (κ3) is 1.14. The average Bonchev–Trinajstić information content (AvgIpc) is 2.95. The third-order valence-electron chi connectivity index (χ3n) is 3.15. The maximum absolute atomic E-state index is 11.9. The maximum Gasteiger partial charge on any atom is 0.270 e. The van der Waals surface area contributed by atoms with Gasteiger partial charge in [0.15, 0.2) is 0 Å². The Kier molecular flexibility index (Phi) is 1.62. The van der Waals surface area contributed by atoms with E-state index in [1.165, 1.54) is 0 Å². The molecule has 4 heteroatoms. The number of hydrogen-bond acceptors (Lipinski definition) is 2. The lowest BCUT2D eigenvalue weighted by molar-refractivity contribution is 0.505. The van der Waals surface area contributed by atoms with Crippen molar-refractivity contribution in [3.63, 3.8) is 0 Å². The van der Waals surface area contributed by atoms with Gasteiger partial charge in [0, 0.05) is 18.2 Å². The standard InChI is InChI=1S/C10H15N3O/c1-6-4-8-9(5-11-6)12-13(10(8)14)7-2-3-7/h6-7,11-12H,2-5H2,1H3. The van der Waals surface area contributed by atoms with Crippen LogP contribution >= 0.6 is 0 Å². The first-order valence-corrected chi connectivity index (χ1v) is 5.31. The molecule has 1 unspecified atom stereocenters. The van der Waals surface area contributed by atoms with Crippen LogP contribution in [0.15, 0.2) is 4.79 Å². The van der Waals surface area contributed by atoms with E-state index in [-0.39, 0.29) is 5.56 Å². The first-order valence-electron chi connectivity index (χ1n) is 5.31. The Balaban J connectivity index is 2.06. The summed E-state index contributed by atoms with van der Waals surface area (Å²) in [5.41, 5.74) is 2.32. The van der Waals surface area contributed by atoms with Crippen molar-refractivity contribution in [2.45, 2.75) is 44.8 Å². The topological polar surface area (TPSA) is 49.8 Å². The van der Waals surface area contributed by atoms with Gasteiger partial charge < -0.3 is 5.32 Å². The molecule has 1 aromatic rings. The van der Waals surface area contributed by atoms with E-state index in [0.29, 0.717) is 12.1 Å². The largest absolute Gasteiger partial charge is 0.308 e. The zero-order chi connectivity index (χ0) is 9.71. The molecule has 1 aliphatic carbocycles. The number of aromatic amines is 1. The Hall–Kier alpha value is -1.03. The Labute approximate surface area is 82.3 Å². The van der Waals surface area contributed by atoms with Crippen LogP contribution in [0.5, 0.6) is 0 Å². The maximum atomic E-state index is 11.9. The number of fused-ring (bicyclic) bond motifs is 1. The number of hydrogen-bond donors (Lipinski definition) is 2. The molecular formula is C10H15N3O. The molecule has 0 bridgehead atoms. The summed E-state index contributed by atoms with van der Waals surface area (Å²) in [5, 5.41) is 6.58. The fourth-order valence-electron chi connectivity index (χ4n) is 2.14. The molecule has 2 heterocycles. The van der Waals surface area contributed by atoms with Crippen LogP contribution < -0.4 is 10.9 Å². The van der Waals surface area contributed by atoms with Crippen molar-refractivity contribution in [1.82, 2.24) is 15.1 Å². The molecule has 2 aliphatic rings. The molecule has 1 fully saturated rings. The van der Waals surface area contributed by atoms with Crippen molar-refractivity contribution in [2.24, 2.45) is 0 Å². The van der Waals surface area contributed by atoms with Gasteiger partial charge in [-0.2, -0.15) is 0 Å². The molecule has 76 valence electrons. The van der Waals surface area contributed by atoms with Crippen LogP contribution in [0.2, 0.25) is 0 Å². The van der Waals surface area contributed by atoms with Crippen LogP contribution in [0.25, 0.3) is 0 Å². The zero-order valence-corrected chi connectivity index (χ0v) is 8.34. The third-order valence-corrected chi connectivity index (χ3v) is 3.15. The highest BCUT2D eigenvalue weighted by Crippen LogP contribution is 2.33. The van der Waals surface area contributed by atoms with Gasteiger partial charge in [0.1, 0.15) is 0 Å². The van der Waals surface area contributed by atoms with Crippen LogP contribution in [-0.2, 0) is 13.0 Å². The summed E-state index contributed by atoms with van der Waals surface area (Å²) in [7, 11) is 0. The highest BCUT2D eigenvalue weighted by molar-refractivity contribution is 5.22. The molecular weight excluding hydrogens is 178 g/mol. The molecule has 3 rings (SSSR count). The fourth-order valence-corrected chi connectivity index (χ4v) is 2.14. The van der Waals surface area contributed by atoms with Crippen LogP contribution in [0.1, 0.15) is 37.1 Å². The molecule has 0 radical (unpaired) electrons. The number of aromatic nitrogens is 2. The Morgan fingerprint density at radius 3 is 2.93 bits per heavy atom. The van der Waals surface area contributed by atoms with Crippen LogP contribution in [-0.4, -0.2) is 15.8 Å². The normalized spacial score (nSPS) is 26.2. The molecule has 0 aromatic carbocycles. The van der Waals surface area contributed by atoms with Crippen molar-refractivity contribution in [3.8, 4) is 0 Å². The average molecular weight is 193 g/mol. The van der Waals surface area contributed by atoms with Gasteiger partial charge in [-0.25, -0.2) is 4.68 Å². The summed E-state index contributed by atoms with van der Waals surface area (Å²) in [6.45, 7) is 2.93. The SMILES string of the molecule is CC1Cc2c([nH]n(C3CC3)c2=O)CN1. The van der Waals surface area contributed by atoms with Gasteiger partial charge in [-0.1, -0.05) is 0 Å². The van der Waals surface area contributed by atoms with Gasteiger partial charge in [-0.15, -0.1) is 0 Å². The summed E-state index contributed by atoms with van der Waals surface area (Å²) in [6.07, 6.45) is 3.18. The Morgan fingerprint density at radius 2 is 2.21 bits per heavy atom. The van der Waals surface area contributed by atoms with Gasteiger partial charge in [-0.3, -0.25) is 9.89 Å². The van der Waals surface area contributed by atoms with E-state index >= 15 is 0 Å². The van der Waals surface area contributed by atoms with Crippen molar-refractivity contribution in [1.29, 1.82) is 0 Å². The first-order chi connectivity index (χ1) is 6.75. The zero-order valence-electron chi connectivity index (χ0n) is 8.34.